The Hall–Kier alpha value is -1.88. The van der Waals surface area contributed by atoms with Crippen molar-refractivity contribution >= 4 is 11.9 Å². The van der Waals surface area contributed by atoms with Crippen LogP contribution >= 0.6 is 0 Å². The highest BCUT2D eigenvalue weighted by atomic mass is 16.6. The first-order valence-corrected chi connectivity index (χ1v) is 8.86. The van der Waals surface area contributed by atoms with Crippen LogP contribution in [0.25, 0.3) is 0 Å². The summed E-state index contributed by atoms with van der Waals surface area (Å²) in [5.74, 6) is -1.12. The number of esters is 2. The Morgan fingerprint density at radius 3 is 2.76 bits per heavy atom. The first-order valence-electron chi connectivity index (χ1n) is 8.86. The molecule has 1 aliphatic carbocycles. The summed E-state index contributed by atoms with van der Waals surface area (Å²) in [6.07, 6.45) is 3.53. The summed E-state index contributed by atoms with van der Waals surface area (Å²) in [5, 5.41) is 10.2. The molecule has 2 aliphatic rings. The van der Waals surface area contributed by atoms with Gasteiger partial charge >= 0.3 is 11.9 Å². The molecule has 0 aromatic heterocycles. The second-order valence-corrected chi connectivity index (χ2v) is 7.17. The normalized spacial score (nSPS) is 35.6. The van der Waals surface area contributed by atoms with E-state index in [9.17, 15) is 14.7 Å². The van der Waals surface area contributed by atoms with E-state index in [-0.39, 0.29) is 17.8 Å². The van der Waals surface area contributed by atoms with Crippen molar-refractivity contribution in [2.75, 3.05) is 0 Å². The van der Waals surface area contributed by atoms with Crippen LogP contribution in [0.1, 0.15) is 47.0 Å². The summed E-state index contributed by atoms with van der Waals surface area (Å²) in [6, 6.07) is 0. The molecule has 2 rings (SSSR count). The summed E-state index contributed by atoms with van der Waals surface area (Å²) in [6.45, 7) is 11.4. The van der Waals surface area contributed by atoms with Crippen molar-refractivity contribution < 1.29 is 24.2 Å². The van der Waals surface area contributed by atoms with Crippen LogP contribution in [-0.4, -0.2) is 35.4 Å². The van der Waals surface area contributed by atoms with Gasteiger partial charge in [-0.3, -0.25) is 4.79 Å². The Labute approximate surface area is 149 Å². The molecule has 25 heavy (non-hydrogen) atoms. The van der Waals surface area contributed by atoms with Gasteiger partial charge in [-0.25, -0.2) is 4.79 Å². The Morgan fingerprint density at radius 1 is 1.44 bits per heavy atom. The fourth-order valence-electron chi connectivity index (χ4n) is 3.19. The molecule has 0 radical (unpaired) electrons. The van der Waals surface area contributed by atoms with Gasteiger partial charge in [-0.15, -0.1) is 0 Å². The second-order valence-electron chi connectivity index (χ2n) is 7.17. The highest BCUT2D eigenvalue weighted by Crippen LogP contribution is 2.35. The van der Waals surface area contributed by atoms with Gasteiger partial charge in [0.15, 0.2) is 0 Å². The maximum absolute atomic E-state index is 12.3. The Kier molecular flexibility index (Phi) is 6.22. The van der Waals surface area contributed by atoms with Gasteiger partial charge in [0.05, 0.1) is 12.0 Å². The third kappa shape index (κ3) is 4.60. The molecule has 1 aliphatic heterocycles. The highest BCUT2D eigenvalue weighted by Gasteiger charge is 2.40. The smallest absolute Gasteiger partial charge is 0.334 e. The first kappa shape index (κ1) is 19.4. The molecular weight excluding hydrogens is 320 g/mol. The molecule has 1 heterocycles. The van der Waals surface area contributed by atoms with Gasteiger partial charge in [-0.05, 0) is 44.8 Å². The number of aliphatic hydroxyl groups excluding tert-OH is 1. The Morgan fingerprint density at radius 2 is 2.12 bits per heavy atom. The molecule has 1 N–H and O–H groups in total. The molecule has 5 nitrogen and oxygen atoms in total. The standard InChI is InChI=1S/C20H28O5/c1-6-12(3)19(22)24-17-10-16-14(5)20(23)25-18(16)8-11(2)7-15(21)9-13(17)4/h8-9,12,15-18,21H,5-7,10H2,1-4H3/b11-8-,13-9-/t12-,15-,16-,17-,18+/m0/s1. The SMILES string of the molecule is C=C1C(=O)O[C@@H]2/C=C(/C)C[C@H](O)/C=C(/C)[C@@H](OC(=O)[C@@H](C)CC)C[C@@H]12. The number of fused-ring (bicyclic) bond motifs is 1. The lowest BCUT2D eigenvalue weighted by molar-refractivity contribution is -0.152. The van der Waals surface area contributed by atoms with Crippen LogP contribution in [0.3, 0.4) is 0 Å². The average Bonchev–Trinajstić information content (AvgIpc) is 2.79. The van der Waals surface area contributed by atoms with Gasteiger partial charge in [-0.1, -0.05) is 32.1 Å². The van der Waals surface area contributed by atoms with E-state index in [0.717, 1.165) is 11.1 Å². The maximum atomic E-state index is 12.3. The monoisotopic (exact) mass is 348 g/mol. The minimum absolute atomic E-state index is 0.198. The molecule has 1 fully saturated rings. The predicted octanol–water partition coefficient (Wildman–Crippen LogP) is 3.09. The van der Waals surface area contributed by atoms with Crippen molar-refractivity contribution in [1.82, 2.24) is 0 Å². The molecule has 0 aromatic rings. The summed E-state index contributed by atoms with van der Waals surface area (Å²) < 4.78 is 11.1. The van der Waals surface area contributed by atoms with Gasteiger partial charge in [0.25, 0.3) is 0 Å². The fourth-order valence-corrected chi connectivity index (χ4v) is 3.19. The van der Waals surface area contributed by atoms with Crippen molar-refractivity contribution in [3.05, 3.63) is 35.5 Å². The second kappa shape index (κ2) is 8.00. The summed E-state index contributed by atoms with van der Waals surface area (Å²) in [4.78, 5) is 24.2. The van der Waals surface area contributed by atoms with Crippen LogP contribution in [0.5, 0.6) is 0 Å². The quantitative estimate of drug-likeness (QED) is 0.482. The zero-order valence-corrected chi connectivity index (χ0v) is 15.5. The van der Waals surface area contributed by atoms with E-state index in [1.165, 1.54) is 0 Å². The largest absolute Gasteiger partial charge is 0.458 e. The van der Waals surface area contributed by atoms with E-state index in [1.54, 1.807) is 6.08 Å². The third-order valence-electron chi connectivity index (χ3n) is 5.03. The first-order chi connectivity index (χ1) is 11.7. The lowest BCUT2D eigenvalue weighted by Crippen LogP contribution is -2.29. The van der Waals surface area contributed by atoms with Crippen LogP contribution in [0.2, 0.25) is 0 Å². The van der Waals surface area contributed by atoms with Gasteiger partial charge in [-0.2, -0.15) is 0 Å². The number of ether oxygens (including phenoxy) is 2. The van der Waals surface area contributed by atoms with Gasteiger partial charge in [0, 0.05) is 11.5 Å². The van der Waals surface area contributed by atoms with Crippen molar-refractivity contribution in [2.45, 2.75) is 65.3 Å². The van der Waals surface area contributed by atoms with Crippen LogP contribution in [0.15, 0.2) is 35.5 Å². The molecule has 5 atom stereocenters. The third-order valence-corrected chi connectivity index (χ3v) is 5.03. The van der Waals surface area contributed by atoms with E-state index < -0.39 is 24.3 Å². The zero-order chi connectivity index (χ0) is 18.7. The molecule has 5 heteroatoms. The minimum Gasteiger partial charge on any atom is -0.458 e. The Balaban J connectivity index is 2.33. The van der Waals surface area contributed by atoms with E-state index in [2.05, 4.69) is 6.58 Å². The van der Waals surface area contributed by atoms with Crippen LogP contribution in [0, 0.1) is 11.8 Å². The molecule has 0 bridgehead atoms. The van der Waals surface area contributed by atoms with Crippen LogP contribution < -0.4 is 0 Å². The van der Waals surface area contributed by atoms with Gasteiger partial charge < -0.3 is 14.6 Å². The summed E-state index contributed by atoms with van der Waals surface area (Å²) >= 11 is 0. The average molecular weight is 348 g/mol. The highest BCUT2D eigenvalue weighted by molar-refractivity contribution is 5.91. The van der Waals surface area contributed by atoms with Crippen LogP contribution in [-0.2, 0) is 19.1 Å². The fraction of sp³-hybridized carbons (Fsp3) is 0.600. The van der Waals surface area contributed by atoms with Crippen molar-refractivity contribution in [2.24, 2.45) is 11.8 Å². The van der Waals surface area contributed by atoms with Gasteiger partial charge in [0.2, 0.25) is 0 Å². The summed E-state index contributed by atoms with van der Waals surface area (Å²) in [5.41, 5.74) is 2.14. The number of carbonyl (C=O) groups is 2. The van der Waals surface area contributed by atoms with Crippen LogP contribution in [0.4, 0.5) is 0 Å². The van der Waals surface area contributed by atoms with Crippen molar-refractivity contribution in [3.63, 3.8) is 0 Å². The van der Waals surface area contributed by atoms with E-state index in [0.29, 0.717) is 24.8 Å². The molecule has 138 valence electrons. The molecule has 0 saturated carbocycles. The lowest BCUT2D eigenvalue weighted by Gasteiger charge is -2.26. The molecular formula is C20H28O5. The Bertz CT molecular complexity index is 616. The van der Waals surface area contributed by atoms with Crippen molar-refractivity contribution in [3.8, 4) is 0 Å². The number of rotatable bonds is 3. The molecule has 0 aromatic carbocycles. The lowest BCUT2D eigenvalue weighted by atomic mass is 9.86. The molecule has 1 saturated heterocycles. The van der Waals surface area contributed by atoms with E-state index in [4.69, 9.17) is 9.47 Å². The predicted molar refractivity (Wildman–Crippen MR) is 94.6 cm³/mol. The molecule has 0 unspecified atom stereocenters. The maximum Gasteiger partial charge on any atom is 0.334 e. The number of hydrogen-bond donors (Lipinski definition) is 1. The molecule has 0 spiro atoms. The number of carbonyl (C=O) groups excluding carboxylic acids is 2. The van der Waals surface area contributed by atoms with Crippen molar-refractivity contribution in [1.29, 1.82) is 0 Å². The number of hydrogen-bond acceptors (Lipinski definition) is 5. The minimum atomic E-state index is -0.669. The summed E-state index contributed by atoms with van der Waals surface area (Å²) in [7, 11) is 0. The van der Waals surface area contributed by atoms with E-state index in [1.807, 2.05) is 33.8 Å². The molecule has 0 amide bonds. The zero-order valence-electron chi connectivity index (χ0n) is 15.5. The van der Waals surface area contributed by atoms with Gasteiger partial charge in [0.1, 0.15) is 12.2 Å². The topological polar surface area (TPSA) is 72.8 Å². The number of aliphatic hydroxyl groups is 1. The van der Waals surface area contributed by atoms with E-state index >= 15 is 0 Å².